The van der Waals surface area contributed by atoms with E-state index >= 15 is 0 Å². The lowest BCUT2D eigenvalue weighted by Crippen LogP contribution is -2.29. The van der Waals surface area contributed by atoms with E-state index in [2.05, 4.69) is 15.2 Å². The van der Waals surface area contributed by atoms with Gasteiger partial charge in [0.15, 0.2) is 15.8 Å². The van der Waals surface area contributed by atoms with Crippen LogP contribution in [0.25, 0.3) is 5.76 Å². The SMILES string of the molecule is COc1cc(C2/C(=C(\O)c3ccncc3)C(=O)C(=O)N2c2nnc(SCc3ccccc3Cl)s2)cc(OC)c1OC. The number of halogens is 1. The lowest BCUT2D eigenvalue weighted by molar-refractivity contribution is -0.132. The number of aliphatic hydroxyl groups excluding tert-OH is 1. The molecule has 1 atom stereocenters. The first-order valence-corrected chi connectivity index (χ1v) is 14.3. The Morgan fingerprint density at radius 2 is 1.71 bits per heavy atom. The number of aromatic nitrogens is 3. The van der Waals surface area contributed by atoms with E-state index in [0.29, 0.717) is 43.5 Å². The molecule has 0 saturated carbocycles. The number of hydrogen-bond acceptors (Lipinski definition) is 11. The number of hydrogen-bond donors (Lipinski definition) is 1. The molecular formula is C28H23ClN4O6S2. The highest BCUT2D eigenvalue weighted by atomic mass is 35.5. The van der Waals surface area contributed by atoms with Gasteiger partial charge in [-0.2, -0.15) is 0 Å². The fourth-order valence-electron chi connectivity index (χ4n) is 4.38. The van der Waals surface area contributed by atoms with Gasteiger partial charge in [-0.3, -0.25) is 19.5 Å². The van der Waals surface area contributed by atoms with Crippen LogP contribution in [0.15, 0.2) is 70.8 Å². The van der Waals surface area contributed by atoms with Crippen LogP contribution in [0.1, 0.15) is 22.7 Å². The Kier molecular flexibility index (Phi) is 8.43. The average Bonchev–Trinajstić information content (AvgIpc) is 3.57. The standard InChI is InChI=1S/C28H23ClN4O6S2/c1-37-19-12-17(13-20(38-2)25(19)39-3)22-21(23(34)15-8-10-30-11-9-15)24(35)26(36)33(22)27-31-32-28(41-27)40-14-16-6-4-5-7-18(16)29/h4-13,22,34H,14H2,1-3H3/b23-21+. The number of ether oxygens (including phenoxy) is 3. The monoisotopic (exact) mass is 610 g/mol. The van der Waals surface area contributed by atoms with E-state index in [4.69, 9.17) is 25.8 Å². The number of benzene rings is 2. The topological polar surface area (TPSA) is 124 Å². The number of rotatable bonds is 9. The van der Waals surface area contributed by atoms with E-state index in [1.165, 1.54) is 50.4 Å². The van der Waals surface area contributed by atoms with Crippen molar-refractivity contribution in [3.8, 4) is 17.2 Å². The molecule has 1 saturated heterocycles. The lowest BCUT2D eigenvalue weighted by Gasteiger charge is -2.24. The Bertz CT molecular complexity index is 1620. The van der Waals surface area contributed by atoms with Crippen molar-refractivity contribution in [1.29, 1.82) is 0 Å². The Morgan fingerprint density at radius 3 is 2.34 bits per heavy atom. The van der Waals surface area contributed by atoms with E-state index in [0.717, 1.165) is 16.9 Å². The fourth-order valence-corrected chi connectivity index (χ4v) is 6.54. The summed E-state index contributed by atoms with van der Waals surface area (Å²) in [5, 5.41) is 20.6. The van der Waals surface area contributed by atoms with Crippen molar-refractivity contribution >= 4 is 57.3 Å². The van der Waals surface area contributed by atoms with Crippen molar-refractivity contribution in [2.45, 2.75) is 16.1 Å². The number of methoxy groups -OCH3 is 3. The number of ketones is 1. The quantitative estimate of drug-likeness (QED) is 0.0850. The summed E-state index contributed by atoms with van der Waals surface area (Å²) in [7, 11) is 4.39. The Hall–Kier alpha value is -4.13. The van der Waals surface area contributed by atoms with Gasteiger partial charge in [-0.25, -0.2) is 0 Å². The predicted molar refractivity (Wildman–Crippen MR) is 156 cm³/mol. The molecule has 0 spiro atoms. The van der Waals surface area contributed by atoms with Crippen LogP contribution >= 0.6 is 34.7 Å². The van der Waals surface area contributed by atoms with E-state index in [9.17, 15) is 14.7 Å². The Labute approximate surface area is 248 Å². The van der Waals surface area contributed by atoms with E-state index in [1.54, 1.807) is 24.3 Å². The molecule has 210 valence electrons. The van der Waals surface area contributed by atoms with Gasteiger partial charge >= 0.3 is 5.91 Å². The van der Waals surface area contributed by atoms with Crippen LogP contribution in [0.4, 0.5) is 5.13 Å². The minimum Gasteiger partial charge on any atom is -0.507 e. The third kappa shape index (κ3) is 5.45. The second-order valence-electron chi connectivity index (χ2n) is 8.59. The number of aliphatic hydroxyl groups is 1. The molecule has 3 heterocycles. The molecule has 1 fully saturated rings. The normalized spacial score (nSPS) is 16.2. The first-order chi connectivity index (χ1) is 19.9. The zero-order valence-electron chi connectivity index (χ0n) is 22.0. The van der Waals surface area contributed by atoms with Gasteiger partial charge in [-0.15, -0.1) is 10.2 Å². The third-order valence-corrected chi connectivity index (χ3v) is 8.79. The first-order valence-electron chi connectivity index (χ1n) is 12.1. The van der Waals surface area contributed by atoms with Crippen LogP contribution in [-0.2, 0) is 15.3 Å². The molecule has 1 unspecified atom stereocenters. The summed E-state index contributed by atoms with van der Waals surface area (Å²) in [6.45, 7) is 0. The molecule has 4 aromatic rings. The molecule has 2 aromatic carbocycles. The van der Waals surface area contributed by atoms with Gasteiger partial charge in [0.2, 0.25) is 10.9 Å². The Balaban J connectivity index is 1.62. The molecule has 5 rings (SSSR count). The smallest absolute Gasteiger partial charge is 0.301 e. The maximum Gasteiger partial charge on any atom is 0.301 e. The van der Waals surface area contributed by atoms with Crippen molar-refractivity contribution in [2.75, 3.05) is 26.2 Å². The maximum absolute atomic E-state index is 13.5. The molecule has 13 heteroatoms. The van der Waals surface area contributed by atoms with Crippen molar-refractivity contribution in [3.05, 3.63) is 88.2 Å². The number of Topliss-reactive ketones (excluding diaryl/α,β-unsaturated/α-hetero) is 1. The van der Waals surface area contributed by atoms with Gasteiger partial charge in [-0.1, -0.05) is 52.9 Å². The van der Waals surface area contributed by atoms with Gasteiger partial charge in [0.05, 0.1) is 32.9 Å². The lowest BCUT2D eigenvalue weighted by atomic mass is 9.95. The number of pyridine rings is 1. The number of anilines is 1. The highest BCUT2D eigenvalue weighted by Crippen LogP contribution is 2.48. The highest BCUT2D eigenvalue weighted by molar-refractivity contribution is 8.00. The van der Waals surface area contributed by atoms with Crippen LogP contribution in [0, 0.1) is 0 Å². The molecule has 41 heavy (non-hydrogen) atoms. The van der Waals surface area contributed by atoms with Crippen molar-refractivity contribution in [1.82, 2.24) is 15.2 Å². The largest absolute Gasteiger partial charge is 0.507 e. The summed E-state index contributed by atoms with van der Waals surface area (Å²) in [5.41, 5.74) is 1.54. The van der Waals surface area contributed by atoms with Crippen LogP contribution < -0.4 is 19.1 Å². The van der Waals surface area contributed by atoms with Gasteiger partial charge in [0, 0.05) is 28.7 Å². The van der Waals surface area contributed by atoms with Crippen molar-refractivity contribution < 1.29 is 28.9 Å². The summed E-state index contributed by atoms with van der Waals surface area (Å²) in [5.74, 6) is -0.611. The molecule has 2 aromatic heterocycles. The number of carbonyl (C=O) groups is 2. The molecule has 0 aliphatic carbocycles. The molecule has 1 amide bonds. The average molecular weight is 611 g/mol. The number of thioether (sulfide) groups is 1. The molecule has 0 bridgehead atoms. The highest BCUT2D eigenvalue weighted by Gasteiger charge is 2.49. The summed E-state index contributed by atoms with van der Waals surface area (Å²) >= 11 is 8.84. The van der Waals surface area contributed by atoms with Gasteiger partial charge in [-0.05, 0) is 41.5 Å². The Morgan fingerprint density at radius 1 is 1.02 bits per heavy atom. The molecule has 1 aliphatic rings. The van der Waals surface area contributed by atoms with Gasteiger partial charge < -0.3 is 19.3 Å². The summed E-state index contributed by atoms with van der Waals surface area (Å²) in [6, 6.07) is 12.7. The van der Waals surface area contributed by atoms with Crippen molar-refractivity contribution in [3.63, 3.8) is 0 Å². The molecule has 0 radical (unpaired) electrons. The van der Waals surface area contributed by atoms with Crippen LogP contribution in [0.2, 0.25) is 5.02 Å². The number of amides is 1. The zero-order chi connectivity index (χ0) is 29.1. The summed E-state index contributed by atoms with van der Waals surface area (Å²) in [6.07, 6.45) is 2.96. The van der Waals surface area contributed by atoms with Gasteiger partial charge in [0.1, 0.15) is 5.76 Å². The van der Waals surface area contributed by atoms with Crippen LogP contribution in [-0.4, -0.2) is 53.3 Å². The number of nitrogens with zero attached hydrogens (tertiary/aromatic N) is 4. The molecular weight excluding hydrogens is 588 g/mol. The molecule has 1 aliphatic heterocycles. The zero-order valence-corrected chi connectivity index (χ0v) is 24.4. The minimum absolute atomic E-state index is 0.129. The molecule has 1 N–H and O–H groups in total. The summed E-state index contributed by atoms with van der Waals surface area (Å²) in [4.78, 5) is 32.2. The first kappa shape index (κ1) is 28.4. The minimum atomic E-state index is -1.08. The second-order valence-corrected chi connectivity index (χ2v) is 11.2. The van der Waals surface area contributed by atoms with E-state index in [1.807, 2.05) is 24.3 Å². The van der Waals surface area contributed by atoms with E-state index < -0.39 is 17.7 Å². The second kappa shape index (κ2) is 12.2. The third-order valence-electron chi connectivity index (χ3n) is 6.31. The maximum atomic E-state index is 13.5. The van der Waals surface area contributed by atoms with E-state index in [-0.39, 0.29) is 16.5 Å². The fraction of sp³-hybridized carbons (Fsp3) is 0.179. The molecule has 10 nitrogen and oxygen atoms in total. The predicted octanol–water partition coefficient (Wildman–Crippen LogP) is 5.53. The summed E-state index contributed by atoms with van der Waals surface area (Å²) < 4.78 is 17.1. The van der Waals surface area contributed by atoms with Crippen LogP contribution in [0.3, 0.4) is 0 Å². The number of carbonyl (C=O) groups excluding carboxylic acids is 2. The van der Waals surface area contributed by atoms with Crippen molar-refractivity contribution in [2.24, 2.45) is 0 Å². The van der Waals surface area contributed by atoms with Crippen LogP contribution in [0.5, 0.6) is 17.2 Å². The van der Waals surface area contributed by atoms with Gasteiger partial charge in [0.25, 0.3) is 5.78 Å².